The number of nitriles is 1. The van der Waals surface area contributed by atoms with Crippen molar-refractivity contribution in [2.45, 2.75) is 0 Å². The molecule has 0 atom stereocenters. The van der Waals surface area contributed by atoms with E-state index in [1.54, 1.807) is 6.07 Å². The van der Waals surface area contributed by atoms with E-state index in [0.717, 1.165) is 0 Å². The van der Waals surface area contributed by atoms with Crippen LogP contribution >= 0.6 is 0 Å². The third kappa shape index (κ3) is 4.20. The number of rotatable bonds is 6. The van der Waals surface area contributed by atoms with E-state index < -0.39 is 14.9 Å². The second-order valence-electron chi connectivity index (χ2n) is 3.55. The highest BCUT2D eigenvalue weighted by Crippen LogP contribution is 2.22. The van der Waals surface area contributed by atoms with Crippen LogP contribution in [0.1, 0.15) is 5.56 Å². The molecule has 0 aromatic heterocycles. The summed E-state index contributed by atoms with van der Waals surface area (Å²) in [7, 11) is -2.02. The minimum atomic E-state index is -3.33. The first-order valence-corrected chi connectivity index (χ1v) is 6.88. The predicted octanol–water partition coefficient (Wildman–Crippen LogP) is 0.428. The SMILES string of the molecule is CNS(=O)(=O)CCNc1ccc(C#N)c([N+](=O)[O-])c1. The lowest BCUT2D eigenvalue weighted by molar-refractivity contribution is -0.385. The van der Waals surface area contributed by atoms with Gasteiger partial charge in [-0.25, -0.2) is 13.1 Å². The number of benzene rings is 1. The predicted molar refractivity (Wildman–Crippen MR) is 69.1 cm³/mol. The Kier molecular flexibility index (Phi) is 4.80. The monoisotopic (exact) mass is 284 g/mol. The molecule has 0 unspecified atom stereocenters. The Balaban J connectivity index is 2.79. The zero-order valence-electron chi connectivity index (χ0n) is 10.1. The van der Waals surface area contributed by atoms with Crippen molar-refractivity contribution >= 4 is 21.4 Å². The van der Waals surface area contributed by atoms with Gasteiger partial charge in [0, 0.05) is 18.3 Å². The van der Waals surface area contributed by atoms with Gasteiger partial charge in [0.2, 0.25) is 10.0 Å². The van der Waals surface area contributed by atoms with Gasteiger partial charge in [-0.05, 0) is 19.2 Å². The lowest BCUT2D eigenvalue weighted by Gasteiger charge is -2.06. The third-order valence-corrected chi connectivity index (χ3v) is 3.69. The molecule has 0 aliphatic carbocycles. The van der Waals surface area contributed by atoms with Crippen molar-refractivity contribution in [1.82, 2.24) is 4.72 Å². The maximum Gasteiger partial charge on any atom is 0.289 e. The summed E-state index contributed by atoms with van der Waals surface area (Å²) in [5.41, 5.74) is 0.0272. The first-order chi connectivity index (χ1) is 8.89. The number of nitro benzene ring substituents is 1. The molecule has 1 aromatic carbocycles. The van der Waals surface area contributed by atoms with Gasteiger partial charge >= 0.3 is 0 Å². The minimum Gasteiger partial charge on any atom is -0.384 e. The minimum absolute atomic E-state index is 0.0432. The van der Waals surface area contributed by atoms with Crippen molar-refractivity contribution in [3.05, 3.63) is 33.9 Å². The number of sulfonamides is 1. The van der Waals surface area contributed by atoms with E-state index in [9.17, 15) is 18.5 Å². The van der Waals surface area contributed by atoms with Crippen LogP contribution in [0.3, 0.4) is 0 Å². The Hall–Kier alpha value is -2.18. The molecule has 19 heavy (non-hydrogen) atoms. The van der Waals surface area contributed by atoms with Crippen LogP contribution in [0.2, 0.25) is 0 Å². The molecule has 0 aliphatic rings. The quantitative estimate of drug-likeness (QED) is 0.576. The molecule has 2 N–H and O–H groups in total. The molecule has 0 fully saturated rings. The molecule has 9 heteroatoms. The number of anilines is 1. The standard InChI is InChI=1S/C10H12N4O4S/c1-12-19(17,18)5-4-13-9-3-2-8(7-11)10(6-9)14(15)16/h2-3,6,12-13H,4-5H2,1H3. The van der Waals surface area contributed by atoms with Crippen molar-refractivity contribution in [3.63, 3.8) is 0 Å². The van der Waals surface area contributed by atoms with E-state index >= 15 is 0 Å². The average Bonchev–Trinajstić information content (AvgIpc) is 2.38. The molecule has 0 bridgehead atoms. The van der Waals surface area contributed by atoms with Gasteiger partial charge in [-0.2, -0.15) is 5.26 Å². The highest BCUT2D eigenvalue weighted by Gasteiger charge is 2.14. The van der Waals surface area contributed by atoms with Gasteiger partial charge in [0.15, 0.2) is 0 Å². The molecule has 0 saturated heterocycles. The van der Waals surface area contributed by atoms with Crippen molar-refractivity contribution in [1.29, 1.82) is 5.26 Å². The molecule has 8 nitrogen and oxygen atoms in total. The Morgan fingerprint density at radius 1 is 1.47 bits per heavy atom. The summed E-state index contributed by atoms with van der Waals surface area (Å²) in [5.74, 6) is -0.155. The number of hydrogen-bond donors (Lipinski definition) is 2. The van der Waals surface area contributed by atoms with E-state index in [1.807, 2.05) is 0 Å². The number of nitro groups is 1. The third-order valence-electron chi connectivity index (χ3n) is 2.33. The Labute approximate surface area is 110 Å². The summed E-state index contributed by atoms with van der Waals surface area (Å²) in [6.07, 6.45) is 0. The van der Waals surface area contributed by atoms with Crippen molar-refractivity contribution < 1.29 is 13.3 Å². The molecule has 0 radical (unpaired) electrons. The molecule has 1 aromatic rings. The summed E-state index contributed by atoms with van der Waals surface area (Å²) in [6.45, 7) is 0.103. The fraction of sp³-hybridized carbons (Fsp3) is 0.300. The normalized spacial score (nSPS) is 10.7. The molecule has 102 valence electrons. The van der Waals surface area contributed by atoms with Crippen LogP contribution in [-0.2, 0) is 10.0 Å². The molecule has 0 amide bonds. The van der Waals surface area contributed by atoms with E-state index in [2.05, 4.69) is 10.0 Å². The smallest absolute Gasteiger partial charge is 0.289 e. The van der Waals surface area contributed by atoms with E-state index in [1.165, 1.54) is 25.2 Å². The topological polar surface area (TPSA) is 125 Å². The van der Waals surface area contributed by atoms with Crippen molar-refractivity contribution in [2.75, 3.05) is 24.7 Å². The summed E-state index contributed by atoms with van der Waals surface area (Å²) >= 11 is 0. The molecule has 0 spiro atoms. The number of nitrogens with one attached hydrogen (secondary N) is 2. The highest BCUT2D eigenvalue weighted by atomic mass is 32.2. The van der Waals surface area contributed by atoms with Crippen LogP contribution in [0.15, 0.2) is 18.2 Å². The highest BCUT2D eigenvalue weighted by molar-refractivity contribution is 7.89. The van der Waals surface area contributed by atoms with Gasteiger partial charge in [0.05, 0.1) is 10.7 Å². The number of nitrogens with zero attached hydrogens (tertiary/aromatic N) is 2. The van der Waals surface area contributed by atoms with E-state index in [-0.39, 0.29) is 23.5 Å². The van der Waals surface area contributed by atoms with Crippen LogP contribution in [0.25, 0.3) is 0 Å². The maximum atomic E-state index is 11.2. The van der Waals surface area contributed by atoms with Gasteiger partial charge in [0.1, 0.15) is 11.6 Å². The summed E-state index contributed by atoms with van der Waals surface area (Å²) in [5, 5.41) is 22.2. The first kappa shape index (κ1) is 14.9. The summed E-state index contributed by atoms with van der Waals surface area (Å²) < 4.78 is 24.5. The van der Waals surface area contributed by atoms with E-state index in [4.69, 9.17) is 5.26 Å². The van der Waals surface area contributed by atoms with Gasteiger partial charge in [0.25, 0.3) is 5.69 Å². The van der Waals surface area contributed by atoms with Gasteiger partial charge in [-0.3, -0.25) is 10.1 Å². The zero-order chi connectivity index (χ0) is 14.5. The lowest BCUT2D eigenvalue weighted by Crippen LogP contribution is -2.26. The summed E-state index contributed by atoms with van der Waals surface area (Å²) in [4.78, 5) is 10.1. The fourth-order valence-corrected chi connectivity index (χ4v) is 1.89. The van der Waals surface area contributed by atoms with Crippen LogP contribution in [0.4, 0.5) is 11.4 Å². The maximum absolute atomic E-state index is 11.2. The molecular formula is C10H12N4O4S. The van der Waals surface area contributed by atoms with Gasteiger partial charge < -0.3 is 5.32 Å². The second kappa shape index (κ2) is 6.12. The number of hydrogen-bond acceptors (Lipinski definition) is 6. The lowest BCUT2D eigenvalue weighted by atomic mass is 10.2. The van der Waals surface area contributed by atoms with Crippen LogP contribution in [0, 0.1) is 21.4 Å². The van der Waals surface area contributed by atoms with Crippen LogP contribution < -0.4 is 10.0 Å². The second-order valence-corrected chi connectivity index (χ2v) is 5.60. The molecule has 0 saturated carbocycles. The van der Waals surface area contributed by atoms with Gasteiger partial charge in [-0.1, -0.05) is 0 Å². The first-order valence-electron chi connectivity index (χ1n) is 5.23. The van der Waals surface area contributed by atoms with Gasteiger partial charge in [-0.15, -0.1) is 0 Å². The van der Waals surface area contributed by atoms with Crippen molar-refractivity contribution in [3.8, 4) is 6.07 Å². The van der Waals surface area contributed by atoms with E-state index in [0.29, 0.717) is 5.69 Å². The Bertz CT molecular complexity index is 621. The fourth-order valence-electron chi connectivity index (χ4n) is 1.32. The van der Waals surface area contributed by atoms with Crippen LogP contribution in [0.5, 0.6) is 0 Å². The van der Waals surface area contributed by atoms with Crippen LogP contribution in [-0.4, -0.2) is 32.7 Å². The Morgan fingerprint density at radius 3 is 2.68 bits per heavy atom. The zero-order valence-corrected chi connectivity index (χ0v) is 10.9. The average molecular weight is 284 g/mol. The van der Waals surface area contributed by atoms with Crippen molar-refractivity contribution in [2.24, 2.45) is 0 Å². The molecule has 1 rings (SSSR count). The molecule has 0 aliphatic heterocycles. The summed E-state index contributed by atoms with van der Waals surface area (Å²) in [6, 6.07) is 5.71. The largest absolute Gasteiger partial charge is 0.384 e. The Morgan fingerprint density at radius 2 is 2.16 bits per heavy atom. The molecular weight excluding hydrogens is 272 g/mol. The molecule has 0 heterocycles.